The van der Waals surface area contributed by atoms with Crippen molar-refractivity contribution in [1.82, 2.24) is 5.32 Å². The van der Waals surface area contributed by atoms with Crippen molar-refractivity contribution in [3.05, 3.63) is 42.5 Å². The predicted octanol–water partition coefficient (Wildman–Crippen LogP) is 2.52. The van der Waals surface area contributed by atoms with E-state index in [2.05, 4.69) is 11.9 Å². The number of ether oxygens (including phenoxy) is 1. The maximum absolute atomic E-state index is 11.6. The Hall–Kier alpha value is -1.77. The molecule has 0 aliphatic rings. The van der Waals surface area contributed by atoms with E-state index >= 15 is 0 Å². The van der Waals surface area contributed by atoms with E-state index in [0.717, 1.165) is 11.3 Å². The monoisotopic (exact) mass is 233 g/mol. The van der Waals surface area contributed by atoms with Gasteiger partial charge in [-0.05, 0) is 24.1 Å². The predicted molar refractivity (Wildman–Crippen MR) is 68.8 cm³/mol. The summed E-state index contributed by atoms with van der Waals surface area (Å²) in [6, 6.07) is 7.65. The molecule has 1 unspecified atom stereocenters. The van der Waals surface area contributed by atoms with Gasteiger partial charge in [-0.25, -0.2) is 0 Å². The van der Waals surface area contributed by atoms with E-state index in [1.165, 1.54) is 0 Å². The van der Waals surface area contributed by atoms with E-state index in [4.69, 9.17) is 4.74 Å². The second-order valence-electron chi connectivity index (χ2n) is 3.99. The van der Waals surface area contributed by atoms with Gasteiger partial charge in [-0.15, -0.1) is 6.58 Å². The Labute approximate surface area is 102 Å². The highest BCUT2D eigenvalue weighted by molar-refractivity contribution is 5.78. The first kappa shape index (κ1) is 13.3. The average Bonchev–Trinajstić information content (AvgIpc) is 2.36. The van der Waals surface area contributed by atoms with Gasteiger partial charge in [0.25, 0.3) is 0 Å². The fourth-order valence-electron chi connectivity index (χ4n) is 1.46. The minimum atomic E-state index is -0.0225. The summed E-state index contributed by atoms with van der Waals surface area (Å²) in [5.74, 6) is 0.853. The van der Waals surface area contributed by atoms with Crippen molar-refractivity contribution < 1.29 is 9.53 Å². The fourth-order valence-corrected chi connectivity index (χ4v) is 1.46. The van der Waals surface area contributed by atoms with Crippen molar-refractivity contribution in [3.8, 4) is 5.75 Å². The first-order valence-electron chi connectivity index (χ1n) is 5.69. The molecule has 1 aromatic rings. The number of benzene rings is 1. The van der Waals surface area contributed by atoms with Crippen LogP contribution in [-0.2, 0) is 11.3 Å². The van der Waals surface area contributed by atoms with E-state index < -0.39 is 0 Å². The molecule has 1 aromatic carbocycles. The maximum atomic E-state index is 11.6. The van der Waals surface area contributed by atoms with Gasteiger partial charge in [0.2, 0.25) is 5.91 Å². The fraction of sp³-hybridized carbons (Fsp3) is 0.357. The van der Waals surface area contributed by atoms with Gasteiger partial charge in [0.1, 0.15) is 5.75 Å². The highest BCUT2D eigenvalue weighted by Gasteiger charge is 2.09. The van der Waals surface area contributed by atoms with Gasteiger partial charge in [0.15, 0.2) is 0 Å². The van der Waals surface area contributed by atoms with Gasteiger partial charge in [-0.2, -0.15) is 0 Å². The zero-order valence-corrected chi connectivity index (χ0v) is 10.4. The Morgan fingerprint density at radius 3 is 2.65 bits per heavy atom. The molecule has 1 N–H and O–H groups in total. The van der Waals surface area contributed by atoms with Crippen LogP contribution in [0.5, 0.6) is 5.75 Å². The molecule has 92 valence electrons. The lowest BCUT2D eigenvalue weighted by atomic mass is 10.1. The van der Waals surface area contributed by atoms with Crippen LogP contribution in [0.1, 0.15) is 18.9 Å². The number of nitrogens with one attached hydrogen (secondary N) is 1. The van der Waals surface area contributed by atoms with Crippen molar-refractivity contribution in [1.29, 1.82) is 0 Å². The van der Waals surface area contributed by atoms with Gasteiger partial charge in [0.05, 0.1) is 7.11 Å². The summed E-state index contributed by atoms with van der Waals surface area (Å²) >= 11 is 0. The summed E-state index contributed by atoms with van der Waals surface area (Å²) < 4.78 is 5.07. The lowest BCUT2D eigenvalue weighted by molar-refractivity contribution is -0.124. The van der Waals surface area contributed by atoms with Crippen molar-refractivity contribution in [2.24, 2.45) is 5.92 Å². The molecule has 0 aliphatic heterocycles. The molecule has 0 radical (unpaired) electrons. The molecule has 0 bridgehead atoms. The lowest BCUT2D eigenvalue weighted by Crippen LogP contribution is -2.28. The van der Waals surface area contributed by atoms with Crippen LogP contribution in [0.4, 0.5) is 0 Å². The Morgan fingerprint density at radius 2 is 2.12 bits per heavy atom. The van der Waals surface area contributed by atoms with Crippen LogP contribution in [0, 0.1) is 5.92 Å². The number of rotatable bonds is 6. The third kappa shape index (κ3) is 4.31. The number of hydrogen-bond donors (Lipinski definition) is 1. The van der Waals surface area contributed by atoms with Crippen LogP contribution in [0.15, 0.2) is 36.9 Å². The molecule has 0 heterocycles. The Morgan fingerprint density at radius 1 is 1.47 bits per heavy atom. The van der Waals surface area contributed by atoms with Crippen LogP contribution in [0.25, 0.3) is 0 Å². The van der Waals surface area contributed by atoms with E-state index in [-0.39, 0.29) is 11.8 Å². The Balaban J connectivity index is 2.44. The molecule has 1 rings (SSSR count). The molecular formula is C14H19NO2. The molecule has 0 aromatic heterocycles. The van der Waals surface area contributed by atoms with Crippen LogP contribution in [0.2, 0.25) is 0 Å². The highest BCUT2D eigenvalue weighted by Crippen LogP contribution is 2.11. The molecule has 1 atom stereocenters. The quantitative estimate of drug-likeness (QED) is 0.767. The Bertz CT molecular complexity index is 370. The number of allylic oxidation sites excluding steroid dienone is 1. The lowest BCUT2D eigenvalue weighted by Gasteiger charge is -2.10. The molecule has 0 fully saturated rings. The van der Waals surface area contributed by atoms with Gasteiger partial charge in [0, 0.05) is 12.5 Å². The number of methoxy groups -OCH3 is 1. The zero-order valence-electron chi connectivity index (χ0n) is 10.4. The van der Waals surface area contributed by atoms with E-state index in [1.807, 2.05) is 31.2 Å². The minimum absolute atomic E-state index is 0.0225. The topological polar surface area (TPSA) is 38.3 Å². The van der Waals surface area contributed by atoms with Gasteiger partial charge in [-0.3, -0.25) is 4.79 Å². The molecular weight excluding hydrogens is 214 g/mol. The second kappa shape index (κ2) is 6.74. The second-order valence-corrected chi connectivity index (χ2v) is 3.99. The van der Waals surface area contributed by atoms with Crippen LogP contribution in [-0.4, -0.2) is 13.0 Å². The normalized spacial score (nSPS) is 11.6. The zero-order chi connectivity index (χ0) is 12.7. The van der Waals surface area contributed by atoms with Crippen LogP contribution >= 0.6 is 0 Å². The first-order chi connectivity index (χ1) is 8.17. The molecule has 1 amide bonds. The molecule has 17 heavy (non-hydrogen) atoms. The molecule has 0 saturated carbocycles. The molecule has 0 saturated heterocycles. The molecule has 3 nitrogen and oxygen atoms in total. The van der Waals surface area contributed by atoms with Crippen molar-refractivity contribution in [2.75, 3.05) is 7.11 Å². The third-order valence-corrected chi connectivity index (χ3v) is 2.59. The maximum Gasteiger partial charge on any atom is 0.223 e. The summed E-state index contributed by atoms with van der Waals surface area (Å²) in [4.78, 5) is 11.6. The average molecular weight is 233 g/mol. The molecule has 0 spiro atoms. The van der Waals surface area contributed by atoms with E-state index in [1.54, 1.807) is 13.2 Å². The van der Waals surface area contributed by atoms with Gasteiger partial charge >= 0.3 is 0 Å². The summed E-state index contributed by atoms with van der Waals surface area (Å²) in [6.07, 6.45) is 2.46. The van der Waals surface area contributed by atoms with Gasteiger partial charge in [-0.1, -0.05) is 25.1 Å². The summed E-state index contributed by atoms with van der Waals surface area (Å²) in [5.41, 5.74) is 1.06. The standard InChI is InChI=1S/C14H19NO2/c1-4-5-11(2)14(16)15-10-12-6-8-13(17-3)9-7-12/h4,6-9,11H,1,5,10H2,2-3H3,(H,15,16). The number of carbonyl (C=O) groups excluding carboxylic acids is 1. The van der Waals surface area contributed by atoms with E-state index in [0.29, 0.717) is 13.0 Å². The van der Waals surface area contributed by atoms with Crippen LogP contribution < -0.4 is 10.1 Å². The first-order valence-corrected chi connectivity index (χ1v) is 5.69. The summed E-state index contributed by atoms with van der Waals surface area (Å²) in [5, 5.41) is 2.89. The van der Waals surface area contributed by atoms with Crippen LogP contribution in [0.3, 0.4) is 0 Å². The third-order valence-electron chi connectivity index (χ3n) is 2.59. The van der Waals surface area contributed by atoms with Gasteiger partial charge < -0.3 is 10.1 Å². The summed E-state index contributed by atoms with van der Waals surface area (Å²) in [6.45, 7) is 6.07. The number of hydrogen-bond acceptors (Lipinski definition) is 2. The van der Waals surface area contributed by atoms with Crippen molar-refractivity contribution in [3.63, 3.8) is 0 Å². The summed E-state index contributed by atoms with van der Waals surface area (Å²) in [7, 11) is 1.63. The smallest absolute Gasteiger partial charge is 0.223 e. The molecule has 3 heteroatoms. The van der Waals surface area contributed by atoms with Crippen molar-refractivity contribution >= 4 is 5.91 Å². The van der Waals surface area contributed by atoms with E-state index in [9.17, 15) is 4.79 Å². The minimum Gasteiger partial charge on any atom is -0.497 e. The van der Waals surface area contributed by atoms with Crippen molar-refractivity contribution in [2.45, 2.75) is 19.9 Å². The largest absolute Gasteiger partial charge is 0.497 e. The SMILES string of the molecule is C=CCC(C)C(=O)NCc1ccc(OC)cc1. The number of amides is 1. The number of carbonyl (C=O) groups is 1. The molecule has 0 aliphatic carbocycles. The Kier molecular flexibility index (Phi) is 5.27. The highest BCUT2D eigenvalue weighted by atomic mass is 16.5.